The molecule has 11 aromatic rings. The molecule has 0 heterocycles. The molecule has 0 aliphatic carbocycles. The second-order valence-electron chi connectivity index (χ2n) is 15.6. The summed E-state index contributed by atoms with van der Waals surface area (Å²) in [4.78, 5) is 2.40. The molecule has 1 nitrogen and oxygen atoms in total. The molecule has 0 saturated heterocycles. The summed E-state index contributed by atoms with van der Waals surface area (Å²) in [5.41, 5.74) is 10.4. The molecule has 0 aliphatic heterocycles. The number of anilines is 3. The highest BCUT2D eigenvalue weighted by Gasteiger charge is 2.19. The normalized spacial score (nSPS) is 11.3. The molecule has 1 heteroatoms. The number of nitrogens with zero attached hydrogens (tertiary/aromatic N) is 1. The van der Waals surface area contributed by atoms with E-state index in [9.17, 15) is 0 Å². The Balaban J connectivity index is 1.17. The number of hydrogen-bond acceptors (Lipinski definition) is 1. The van der Waals surface area contributed by atoms with Crippen LogP contribution in [0.5, 0.6) is 0 Å². The van der Waals surface area contributed by atoms with E-state index in [0.717, 1.165) is 28.2 Å². The van der Waals surface area contributed by atoms with Gasteiger partial charge in [0.05, 0.1) is 5.69 Å². The summed E-state index contributed by atoms with van der Waals surface area (Å²) in [5, 5.41) is 12.2. The van der Waals surface area contributed by atoms with Gasteiger partial charge in [0.1, 0.15) is 0 Å². The maximum absolute atomic E-state index is 2.43. The van der Waals surface area contributed by atoms with Crippen molar-refractivity contribution in [2.24, 2.45) is 0 Å². The average Bonchev–Trinajstić information content (AvgIpc) is 3.35. The Labute approximate surface area is 356 Å². The quantitative estimate of drug-likeness (QED) is 0.163. The molecule has 11 aromatic carbocycles. The Morgan fingerprint density at radius 3 is 0.902 bits per heavy atom. The highest BCUT2D eigenvalue weighted by molar-refractivity contribution is 6.26. The number of benzene rings is 10. The first-order valence-corrected chi connectivity index (χ1v) is 21.0. The third-order valence-corrected chi connectivity index (χ3v) is 12.1. The van der Waals surface area contributed by atoms with E-state index in [1.165, 1.54) is 76.1 Å². The van der Waals surface area contributed by atoms with Gasteiger partial charge in [-0.15, -0.1) is 0 Å². The van der Waals surface area contributed by atoms with Crippen molar-refractivity contribution in [3.05, 3.63) is 249 Å². The zero-order valence-corrected chi connectivity index (χ0v) is 33.6. The average molecular weight is 776 g/mol. The Bertz CT molecular complexity index is 3280. The summed E-state index contributed by atoms with van der Waals surface area (Å²) in [6.45, 7) is 0. The Morgan fingerprint density at radius 2 is 0.492 bits per heavy atom. The van der Waals surface area contributed by atoms with Gasteiger partial charge in [0.15, 0.2) is 0 Å². The number of para-hydroxylation sites is 1. The summed E-state index contributed by atoms with van der Waals surface area (Å²) in [5.74, 6) is 0. The van der Waals surface area contributed by atoms with Crippen LogP contribution in [0.25, 0.3) is 87.2 Å². The minimum Gasteiger partial charge on any atom is -0.310 e. The fourth-order valence-electron chi connectivity index (χ4n) is 9.19. The number of rotatable bonds is 6. The molecule has 0 spiro atoms. The minimum absolute atomic E-state index is 1.09. The molecule has 11 rings (SSSR count). The van der Waals surface area contributed by atoms with Gasteiger partial charge in [-0.2, -0.15) is 0 Å². The van der Waals surface area contributed by atoms with Gasteiger partial charge in [0, 0.05) is 16.9 Å². The van der Waals surface area contributed by atoms with Crippen LogP contribution in [0.1, 0.15) is 0 Å². The highest BCUT2D eigenvalue weighted by atomic mass is 15.1. The lowest BCUT2D eigenvalue weighted by Gasteiger charge is -2.28. The molecular formula is C60H41N. The zero-order chi connectivity index (χ0) is 40.5. The standard InChI is InChI=1S/C60H41N/c1-3-17-42(18-4-1)44-31-36-47(37-32-44)61(48-38-33-45(34-39-48)43-19-5-2-6-20-43)60-30-16-15-21-49(60)46-35-40-58-56-28-12-11-26-54(56)52-24-8-7-22-50(52)51-23-9-10-25-53(51)55-27-13-14-29-57(55)59(58)41-46/h1-41H. The molecule has 0 N–H and O–H groups in total. The smallest absolute Gasteiger partial charge is 0.0540 e. The molecular weight excluding hydrogens is 735 g/mol. The van der Waals surface area contributed by atoms with E-state index in [1.54, 1.807) is 0 Å². The fourth-order valence-corrected chi connectivity index (χ4v) is 9.19. The van der Waals surface area contributed by atoms with Gasteiger partial charge >= 0.3 is 0 Å². The molecule has 0 radical (unpaired) electrons. The van der Waals surface area contributed by atoms with Gasteiger partial charge in [0.2, 0.25) is 0 Å². The number of fused-ring (bicyclic) bond motifs is 10. The molecule has 0 aliphatic rings. The summed E-state index contributed by atoms with van der Waals surface area (Å²) < 4.78 is 0. The Kier molecular flexibility index (Phi) is 9.26. The first-order chi connectivity index (χ1) is 30.3. The molecule has 0 unspecified atom stereocenters. The lowest BCUT2D eigenvalue weighted by molar-refractivity contribution is 1.28. The minimum atomic E-state index is 1.09. The lowest BCUT2D eigenvalue weighted by atomic mass is 9.92. The maximum atomic E-state index is 2.43. The van der Waals surface area contributed by atoms with Crippen LogP contribution in [-0.4, -0.2) is 0 Å². The van der Waals surface area contributed by atoms with Crippen molar-refractivity contribution in [3.63, 3.8) is 0 Å². The summed E-state index contributed by atoms with van der Waals surface area (Å²) >= 11 is 0. The molecule has 0 bridgehead atoms. The van der Waals surface area contributed by atoms with Gasteiger partial charge in [0.25, 0.3) is 0 Å². The second kappa shape index (κ2) is 15.6. The van der Waals surface area contributed by atoms with E-state index < -0.39 is 0 Å². The van der Waals surface area contributed by atoms with Crippen molar-refractivity contribution in [2.75, 3.05) is 4.90 Å². The predicted octanol–water partition coefficient (Wildman–Crippen LogP) is 17.0. The van der Waals surface area contributed by atoms with Crippen LogP contribution in [-0.2, 0) is 0 Å². The summed E-state index contributed by atoms with van der Waals surface area (Å²) in [6, 6.07) is 90.7. The van der Waals surface area contributed by atoms with Crippen molar-refractivity contribution in [1.29, 1.82) is 0 Å². The van der Waals surface area contributed by atoms with E-state index >= 15 is 0 Å². The second-order valence-corrected chi connectivity index (χ2v) is 15.6. The predicted molar refractivity (Wildman–Crippen MR) is 263 cm³/mol. The molecule has 286 valence electrons. The molecule has 0 amide bonds. The third-order valence-electron chi connectivity index (χ3n) is 12.1. The van der Waals surface area contributed by atoms with Crippen molar-refractivity contribution in [2.45, 2.75) is 0 Å². The summed E-state index contributed by atoms with van der Waals surface area (Å²) in [7, 11) is 0. The lowest BCUT2D eigenvalue weighted by Crippen LogP contribution is -2.11. The summed E-state index contributed by atoms with van der Waals surface area (Å²) in [6.07, 6.45) is 0. The SMILES string of the molecule is c1ccc(-c2ccc(N(c3ccc(-c4ccccc4)cc3)c3ccccc3-c3ccc4c5ccccc5c5ccccc5c5ccccc5c5ccccc5c4c3)cc2)cc1. The van der Waals surface area contributed by atoms with Crippen LogP contribution in [0, 0.1) is 0 Å². The zero-order valence-electron chi connectivity index (χ0n) is 33.6. The van der Waals surface area contributed by atoms with E-state index in [0.29, 0.717) is 0 Å². The Morgan fingerprint density at radius 1 is 0.197 bits per heavy atom. The van der Waals surface area contributed by atoms with Crippen molar-refractivity contribution >= 4 is 70.9 Å². The van der Waals surface area contributed by atoms with Crippen LogP contribution < -0.4 is 4.90 Å². The molecule has 0 aromatic heterocycles. The van der Waals surface area contributed by atoms with E-state index in [4.69, 9.17) is 0 Å². The molecule has 0 saturated carbocycles. The number of hydrogen-bond donors (Lipinski definition) is 0. The van der Waals surface area contributed by atoms with Gasteiger partial charge in [-0.05, 0) is 118 Å². The van der Waals surface area contributed by atoms with Crippen LogP contribution in [0.2, 0.25) is 0 Å². The molecule has 0 fully saturated rings. The van der Waals surface area contributed by atoms with Crippen LogP contribution in [0.15, 0.2) is 249 Å². The molecule has 61 heavy (non-hydrogen) atoms. The fraction of sp³-hybridized carbons (Fsp3) is 0. The topological polar surface area (TPSA) is 3.24 Å². The van der Waals surface area contributed by atoms with Crippen molar-refractivity contribution < 1.29 is 0 Å². The van der Waals surface area contributed by atoms with Crippen molar-refractivity contribution in [1.82, 2.24) is 0 Å². The van der Waals surface area contributed by atoms with Crippen LogP contribution >= 0.6 is 0 Å². The maximum Gasteiger partial charge on any atom is 0.0540 e. The van der Waals surface area contributed by atoms with E-state index in [-0.39, 0.29) is 0 Å². The first kappa shape index (κ1) is 36.1. The Hall–Kier alpha value is -8.00. The van der Waals surface area contributed by atoms with Gasteiger partial charge in [-0.3, -0.25) is 0 Å². The third kappa shape index (κ3) is 6.63. The van der Waals surface area contributed by atoms with Gasteiger partial charge < -0.3 is 4.90 Å². The van der Waals surface area contributed by atoms with Gasteiger partial charge in [-0.1, -0.05) is 212 Å². The molecule has 0 atom stereocenters. The van der Waals surface area contributed by atoms with Crippen molar-refractivity contribution in [3.8, 4) is 33.4 Å². The van der Waals surface area contributed by atoms with E-state index in [2.05, 4.69) is 254 Å². The first-order valence-electron chi connectivity index (χ1n) is 21.0. The van der Waals surface area contributed by atoms with Gasteiger partial charge in [-0.25, -0.2) is 0 Å². The van der Waals surface area contributed by atoms with E-state index in [1.807, 2.05) is 0 Å². The van der Waals surface area contributed by atoms with Crippen LogP contribution in [0.4, 0.5) is 17.1 Å². The largest absolute Gasteiger partial charge is 0.310 e. The highest BCUT2D eigenvalue weighted by Crippen LogP contribution is 2.44. The van der Waals surface area contributed by atoms with Crippen LogP contribution in [0.3, 0.4) is 0 Å². The monoisotopic (exact) mass is 775 g/mol.